The van der Waals surface area contributed by atoms with Gasteiger partial charge in [0.25, 0.3) is 10.0 Å². The van der Waals surface area contributed by atoms with Crippen LogP contribution in [0, 0.1) is 0 Å². The molecular weight excluding hydrogens is 338 g/mol. The maximum absolute atomic E-state index is 12.2. The van der Waals surface area contributed by atoms with Gasteiger partial charge >= 0.3 is 0 Å². The number of nitrogens with zero attached hydrogens (tertiary/aromatic N) is 1. The first-order valence-electron chi connectivity index (χ1n) is 8.70. The third-order valence-corrected chi connectivity index (χ3v) is 6.37. The fourth-order valence-corrected chi connectivity index (χ4v) is 4.95. The van der Waals surface area contributed by atoms with Gasteiger partial charge in [0.1, 0.15) is 12.4 Å². The number of likely N-dealkylation sites (tertiary alicyclic amines) is 1. The smallest absolute Gasteiger partial charge is 0.263 e. The number of aliphatic imine (C=N–C) groups is 1. The Morgan fingerprint density at radius 3 is 2.68 bits per heavy atom. The van der Waals surface area contributed by atoms with E-state index in [0.29, 0.717) is 22.8 Å². The van der Waals surface area contributed by atoms with Gasteiger partial charge in [-0.25, -0.2) is 8.42 Å². The highest BCUT2D eigenvalue weighted by atomic mass is 32.2. The van der Waals surface area contributed by atoms with Gasteiger partial charge in [0.15, 0.2) is 11.8 Å². The normalized spacial score (nSPS) is 22.5. The van der Waals surface area contributed by atoms with Crippen molar-refractivity contribution in [2.75, 3.05) is 19.6 Å². The number of rotatable bonds is 4. The van der Waals surface area contributed by atoms with E-state index in [-0.39, 0.29) is 6.04 Å². The van der Waals surface area contributed by atoms with Crippen molar-refractivity contribution >= 4 is 15.9 Å². The molecule has 2 aliphatic heterocycles. The van der Waals surface area contributed by atoms with Gasteiger partial charge in [0, 0.05) is 5.56 Å². The summed E-state index contributed by atoms with van der Waals surface area (Å²) in [6.07, 6.45) is 5.37. The van der Waals surface area contributed by atoms with E-state index in [9.17, 15) is 8.42 Å². The molecular formula is C18H22N3O3S+. The predicted octanol–water partition coefficient (Wildman–Crippen LogP) is 1.13. The Hall–Kier alpha value is -2.12. The van der Waals surface area contributed by atoms with E-state index in [1.807, 2.05) is 18.2 Å². The highest BCUT2D eigenvalue weighted by Gasteiger charge is 2.32. The number of furan rings is 1. The van der Waals surface area contributed by atoms with E-state index < -0.39 is 10.0 Å². The minimum absolute atomic E-state index is 0.111. The average Bonchev–Trinajstić information content (AvgIpc) is 3.24. The predicted molar refractivity (Wildman–Crippen MR) is 94.2 cm³/mol. The van der Waals surface area contributed by atoms with E-state index in [0.717, 1.165) is 18.8 Å². The van der Waals surface area contributed by atoms with Crippen LogP contribution in [0.4, 0.5) is 0 Å². The molecule has 2 aromatic rings. The van der Waals surface area contributed by atoms with Crippen molar-refractivity contribution < 1.29 is 17.7 Å². The number of fused-ring (bicyclic) bond motifs is 1. The standard InChI is InChI=1S/C18H21N3O3S/c22-25(23)17-9-3-2-7-14(17)18(20-25)19-13-15(16-8-6-12-24-16)21-10-4-1-5-11-21/h2-3,6-9,12,15H,1,4-5,10-11,13H2,(H,19,20)/p+1/t15-/m0/s1. The van der Waals surface area contributed by atoms with Gasteiger partial charge in [-0.05, 0) is 43.5 Å². The number of nitrogens with one attached hydrogen (secondary N) is 2. The van der Waals surface area contributed by atoms with Crippen LogP contribution in [0.3, 0.4) is 0 Å². The average molecular weight is 360 g/mol. The van der Waals surface area contributed by atoms with Crippen molar-refractivity contribution in [3.05, 3.63) is 54.0 Å². The number of sulfonamides is 1. The summed E-state index contributed by atoms with van der Waals surface area (Å²) in [4.78, 5) is 6.39. The lowest BCUT2D eigenvalue weighted by molar-refractivity contribution is -0.935. The summed E-state index contributed by atoms with van der Waals surface area (Å²) in [5.41, 5.74) is 0.648. The van der Waals surface area contributed by atoms with Crippen LogP contribution in [0.2, 0.25) is 0 Å². The molecule has 0 amide bonds. The van der Waals surface area contributed by atoms with Crippen LogP contribution >= 0.6 is 0 Å². The first kappa shape index (κ1) is 16.4. The number of hydrogen-bond acceptors (Lipinski definition) is 4. The zero-order valence-electron chi connectivity index (χ0n) is 13.9. The third-order valence-electron chi connectivity index (χ3n) is 4.97. The van der Waals surface area contributed by atoms with Crippen LogP contribution in [-0.2, 0) is 10.0 Å². The van der Waals surface area contributed by atoms with Gasteiger partial charge in [0.2, 0.25) is 0 Å². The lowest BCUT2D eigenvalue weighted by Crippen LogP contribution is -3.13. The molecule has 0 unspecified atom stereocenters. The Kier molecular flexibility index (Phi) is 4.35. The molecule has 1 aromatic heterocycles. The van der Waals surface area contributed by atoms with Crippen molar-refractivity contribution in [2.45, 2.75) is 30.2 Å². The van der Waals surface area contributed by atoms with Crippen LogP contribution in [0.5, 0.6) is 0 Å². The maximum atomic E-state index is 12.2. The Balaban J connectivity index is 1.62. The number of benzene rings is 1. The van der Waals surface area contributed by atoms with E-state index >= 15 is 0 Å². The molecule has 3 heterocycles. The van der Waals surface area contributed by atoms with E-state index in [2.05, 4.69) is 9.71 Å². The van der Waals surface area contributed by atoms with E-state index in [1.165, 1.54) is 24.2 Å². The maximum Gasteiger partial charge on any atom is 0.263 e. The van der Waals surface area contributed by atoms with Crippen LogP contribution in [0.25, 0.3) is 0 Å². The first-order valence-corrected chi connectivity index (χ1v) is 10.2. The highest BCUT2D eigenvalue weighted by molar-refractivity contribution is 7.90. The molecule has 0 saturated carbocycles. The van der Waals surface area contributed by atoms with Crippen LogP contribution in [0.15, 0.2) is 57.0 Å². The molecule has 0 radical (unpaired) electrons. The molecule has 1 aromatic carbocycles. The van der Waals surface area contributed by atoms with Crippen molar-refractivity contribution in [2.24, 2.45) is 4.99 Å². The summed E-state index contributed by atoms with van der Waals surface area (Å²) >= 11 is 0. The fraction of sp³-hybridized carbons (Fsp3) is 0.389. The summed E-state index contributed by atoms with van der Waals surface area (Å²) in [5.74, 6) is 1.35. The van der Waals surface area contributed by atoms with Gasteiger partial charge < -0.3 is 9.32 Å². The SMILES string of the molecule is O=S1(=O)NC(=NC[C@@H](c2ccco2)[NH+]2CCCCC2)c2ccccc21. The molecule has 2 N–H and O–H groups in total. The summed E-state index contributed by atoms with van der Waals surface area (Å²) in [6, 6.07) is 11.0. The zero-order valence-corrected chi connectivity index (χ0v) is 14.8. The summed E-state index contributed by atoms with van der Waals surface area (Å²) in [6.45, 7) is 2.69. The van der Waals surface area contributed by atoms with E-state index in [1.54, 1.807) is 24.5 Å². The van der Waals surface area contributed by atoms with Gasteiger partial charge in [-0.1, -0.05) is 12.1 Å². The quantitative estimate of drug-likeness (QED) is 0.858. The number of quaternary nitrogens is 1. The number of hydrogen-bond donors (Lipinski definition) is 2. The Morgan fingerprint density at radius 1 is 1.12 bits per heavy atom. The zero-order chi connectivity index (χ0) is 17.3. The fourth-order valence-electron chi connectivity index (χ4n) is 3.70. The summed E-state index contributed by atoms with van der Waals surface area (Å²) in [7, 11) is -3.49. The molecule has 2 aliphatic rings. The van der Waals surface area contributed by atoms with Gasteiger partial charge in [-0.15, -0.1) is 0 Å². The highest BCUT2D eigenvalue weighted by Crippen LogP contribution is 2.22. The van der Waals surface area contributed by atoms with E-state index in [4.69, 9.17) is 4.42 Å². The third kappa shape index (κ3) is 3.21. The molecule has 1 fully saturated rings. The van der Waals surface area contributed by atoms with Crippen molar-refractivity contribution in [3.63, 3.8) is 0 Å². The molecule has 1 atom stereocenters. The van der Waals surface area contributed by atoms with Crippen molar-refractivity contribution in [3.8, 4) is 0 Å². The molecule has 4 rings (SSSR count). The largest absolute Gasteiger partial charge is 0.463 e. The minimum Gasteiger partial charge on any atom is -0.463 e. The second-order valence-corrected chi connectivity index (χ2v) is 8.23. The number of piperidine rings is 1. The molecule has 6 nitrogen and oxygen atoms in total. The lowest BCUT2D eigenvalue weighted by Gasteiger charge is -2.29. The molecule has 7 heteroatoms. The molecule has 0 aliphatic carbocycles. The molecule has 0 bridgehead atoms. The summed E-state index contributed by atoms with van der Waals surface area (Å²) in [5, 5.41) is 0. The Bertz CT molecular complexity index is 869. The second-order valence-electron chi connectivity index (χ2n) is 6.58. The van der Waals surface area contributed by atoms with Gasteiger partial charge in [-0.3, -0.25) is 9.71 Å². The van der Waals surface area contributed by atoms with Crippen LogP contribution in [-0.4, -0.2) is 33.9 Å². The Labute approximate surface area is 147 Å². The molecule has 132 valence electrons. The minimum atomic E-state index is -3.49. The summed E-state index contributed by atoms with van der Waals surface area (Å²) < 4.78 is 32.7. The number of amidine groups is 1. The van der Waals surface area contributed by atoms with Crippen molar-refractivity contribution in [1.29, 1.82) is 0 Å². The van der Waals surface area contributed by atoms with Crippen LogP contribution < -0.4 is 9.62 Å². The molecule has 1 saturated heterocycles. The first-order chi connectivity index (χ1) is 12.1. The molecule has 25 heavy (non-hydrogen) atoms. The van der Waals surface area contributed by atoms with Crippen molar-refractivity contribution in [1.82, 2.24) is 4.72 Å². The lowest BCUT2D eigenvalue weighted by atomic mass is 10.1. The monoisotopic (exact) mass is 360 g/mol. The van der Waals surface area contributed by atoms with Gasteiger partial charge in [-0.2, -0.15) is 0 Å². The Morgan fingerprint density at radius 2 is 1.92 bits per heavy atom. The second kappa shape index (κ2) is 6.65. The van der Waals surface area contributed by atoms with Gasteiger partial charge in [0.05, 0.1) is 24.2 Å². The topological polar surface area (TPSA) is 76.1 Å². The van der Waals surface area contributed by atoms with Crippen LogP contribution in [0.1, 0.15) is 36.6 Å². The molecule has 0 spiro atoms.